The number of aromatic nitrogens is 3. The third-order valence-corrected chi connectivity index (χ3v) is 6.60. The van der Waals surface area contributed by atoms with Crippen molar-refractivity contribution in [2.45, 2.75) is 12.1 Å². The molecule has 2 aliphatic heterocycles. The summed E-state index contributed by atoms with van der Waals surface area (Å²) in [4.78, 5) is 18.8. The summed E-state index contributed by atoms with van der Waals surface area (Å²) in [5, 5.41) is 24.1. The molecule has 2 aliphatic rings. The second-order valence-electron chi connectivity index (χ2n) is 8.75. The third kappa shape index (κ3) is 4.17. The number of fused-ring (bicyclic) bond motifs is 3. The largest absolute Gasteiger partial charge is 0.423 e. The third-order valence-electron chi connectivity index (χ3n) is 6.60. The van der Waals surface area contributed by atoms with E-state index in [0.717, 1.165) is 5.56 Å². The molecule has 3 N–H and O–H groups in total. The summed E-state index contributed by atoms with van der Waals surface area (Å²) in [5.41, 5.74) is 2.82. The number of pyridine rings is 1. The SMILES string of the molecule is O=C1c2ccc(Nc3cc(N[C@H](CO)c4ccccc4)c(-c4nnco4)cn3)c(F)c2C2COCCN12. The van der Waals surface area contributed by atoms with E-state index >= 15 is 4.39 Å². The minimum Gasteiger partial charge on any atom is -0.423 e. The molecule has 0 aliphatic carbocycles. The zero-order valence-corrected chi connectivity index (χ0v) is 19.6. The van der Waals surface area contributed by atoms with Crippen LogP contribution in [0.15, 0.2) is 65.5 Å². The number of carbonyl (C=O) groups excluding carboxylic acids is 1. The monoisotopic (exact) mass is 502 g/mol. The highest BCUT2D eigenvalue weighted by Gasteiger charge is 2.41. The first kappa shape index (κ1) is 23.1. The maximum absolute atomic E-state index is 15.7. The van der Waals surface area contributed by atoms with Gasteiger partial charge in [0.05, 0.1) is 48.8 Å². The van der Waals surface area contributed by atoms with Gasteiger partial charge < -0.3 is 29.8 Å². The van der Waals surface area contributed by atoms with E-state index in [4.69, 9.17) is 9.15 Å². The number of ether oxygens (including phenoxy) is 1. The van der Waals surface area contributed by atoms with Crippen LogP contribution in [-0.4, -0.2) is 57.5 Å². The topological polar surface area (TPSA) is 126 Å². The van der Waals surface area contributed by atoms with E-state index in [0.29, 0.717) is 41.3 Å². The number of hydrogen-bond donors (Lipinski definition) is 3. The Hall–Kier alpha value is -4.35. The zero-order valence-electron chi connectivity index (χ0n) is 19.6. The van der Waals surface area contributed by atoms with Crippen molar-refractivity contribution < 1.29 is 23.4 Å². The van der Waals surface area contributed by atoms with Crippen LogP contribution < -0.4 is 10.6 Å². The Kier molecular flexibility index (Phi) is 5.99. The van der Waals surface area contributed by atoms with Crippen molar-refractivity contribution in [3.63, 3.8) is 0 Å². The van der Waals surface area contributed by atoms with E-state index in [1.807, 2.05) is 30.3 Å². The van der Waals surface area contributed by atoms with Crippen LogP contribution in [0.2, 0.25) is 0 Å². The molecule has 37 heavy (non-hydrogen) atoms. The van der Waals surface area contributed by atoms with Gasteiger partial charge in [0.2, 0.25) is 6.39 Å². The summed E-state index contributed by atoms with van der Waals surface area (Å²) < 4.78 is 26.6. The molecule has 0 bridgehead atoms. The Labute approximate surface area is 211 Å². The van der Waals surface area contributed by atoms with Gasteiger partial charge in [-0.25, -0.2) is 9.37 Å². The van der Waals surface area contributed by atoms with Crippen molar-refractivity contribution >= 4 is 23.1 Å². The first-order chi connectivity index (χ1) is 18.1. The molecule has 10 nitrogen and oxygen atoms in total. The van der Waals surface area contributed by atoms with Crippen LogP contribution in [0.5, 0.6) is 0 Å². The molecule has 1 fully saturated rings. The summed E-state index contributed by atoms with van der Waals surface area (Å²) in [6, 6.07) is 13.4. The first-order valence-electron chi connectivity index (χ1n) is 11.8. The number of carbonyl (C=O) groups is 1. The number of halogens is 1. The van der Waals surface area contributed by atoms with E-state index in [2.05, 4.69) is 25.8 Å². The second kappa shape index (κ2) is 9.60. The summed E-state index contributed by atoms with van der Waals surface area (Å²) in [6.45, 7) is 0.951. The van der Waals surface area contributed by atoms with Crippen LogP contribution in [0.3, 0.4) is 0 Å². The van der Waals surface area contributed by atoms with Gasteiger partial charge in [-0.05, 0) is 17.7 Å². The molecule has 0 spiro atoms. The fourth-order valence-corrected chi connectivity index (χ4v) is 4.79. The highest BCUT2D eigenvalue weighted by molar-refractivity contribution is 6.00. The quantitative estimate of drug-likeness (QED) is 0.347. The van der Waals surface area contributed by atoms with Crippen LogP contribution in [0, 0.1) is 5.82 Å². The van der Waals surface area contributed by atoms with Crippen molar-refractivity contribution in [2.75, 3.05) is 37.0 Å². The molecule has 1 saturated heterocycles. The van der Waals surface area contributed by atoms with Gasteiger partial charge in [-0.2, -0.15) is 0 Å². The van der Waals surface area contributed by atoms with Gasteiger partial charge in [0.15, 0.2) is 5.82 Å². The molecule has 6 rings (SSSR count). The predicted octanol–water partition coefficient (Wildman–Crippen LogP) is 3.69. The highest BCUT2D eigenvalue weighted by Crippen LogP contribution is 2.40. The van der Waals surface area contributed by atoms with E-state index in [1.165, 1.54) is 18.7 Å². The molecule has 2 aromatic carbocycles. The standard InChI is InChI=1S/C26H23FN6O4/c27-24-18(7-6-16-23(24)21-13-36-9-8-33(21)26(16)35)31-22-10-19(17(11-28-22)25-32-29-14-37-25)30-20(12-34)15-4-2-1-3-5-15/h1-7,10-11,14,20-21,34H,8-9,12-13H2,(H2,28,30,31)/t20-,21?/m1/s1. The van der Waals surface area contributed by atoms with Crippen molar-refractivity contribution in [2.24, 2.45) is 0 Å². The molecule has 0 saturated carbocycles. The normalized spacial score (nSPS) is 17.3. The minimum atomic E-state index is -0.515. The molecule has 1 amide bonds. The number of nitrogens with zero attached hydrogens (tertiary/aromatic N) is 4. The number of hydrogen-bond acceptors (Lipinski definition) is 9. The van der Waals surface area contributed by atoms with Crippen molar-refractivity contribution in [3.8, 4) is 11.5 Å². The van der Waals surface area contributed by atoms with Gasteiger partial charge in [0.25, 0.3) is 11.8 Å². The fourth-order valence-electron chi connectivity index (χ4n) is 4.79. The molecular weight excluding hydrogens is 479 g/mol. The Morgan fingerprint density at radius 2 is 2.03 bits per heavy atom. The molecule has 0 radical (unpaired) electrons. The first-order valence-corrected chi connectivity index (χ1v) is 11.8. The molecule has 4 aromatic rings. The number of rotatable bonds is 7. The number of anilines is 3. The van der Waals surface area contributed by atoms with Crippen LogP contribution in [0.25, 0.3) is 11.5 Å². The lowest BCUT2D eigenvalue weighted by Crippen LogP contribution is -2.38. The van der Waals surface area contributed by atoms with Crippen molar-refractivity contribution in [3.05, 3.63) is 83.6 Å². The molecule has 1 unspecified atom stereocenters. The summed E-state index contributed by atoms with van der Waals surface area (Å²) in [7, 11) is 0. The smallest absolute Gasteiger partial charge is 0.255 e. The number of morpholine rings is 1. The lowest BCUT2D eigenvalue weighted by atomic mass is 10.0. The average Bonchev–Trinajstić information content (AvgIpc) is 3.57. The summed E-state index contributed by atoms with van der Waals surface area (Å²) in [6.07, 6.45) is 2.74. The molecule has 11 heteroatoms. The van der Waals surface area contributed by atoms with E-state index in [1.54, 1.807) is 17.0 Å². The predicted molar refractivity (Wildman–Crippen MR) is 132 cm³/mol. The Morgan fingerprint density at radius 3 is 2.81 bits per heavy atom. The Bertz CT molecular complexity index is 1430. The number of amides is 1. The van der Waals surface area contributed by atoms with Gasteiger partial charge in [0, 0.05) is 29.9 Å². The van der Waals surface area contributed by atoms with Crippen LogP contribution >= 0.6 is 0 Å². The Morgan fingerprint density at radius 1 is 1.16 bits per heavy atom. The van der Waals surface area contributed by atoms with Gasteiger partial charge in [0.1, 0.15) is 5.82 Å². The van der Waals surface area contributed by atoms with Crippen LogP contribution in [0.4, 0.5) is 21.6 Å². The van der Waals surface area contributed by atoms with Gasteiger partial charge in [-0.15, -0.1) is 10.2 Å². The lowest BCUT2D eigenvalue weighted by molar-refractivity contribution is 0.00376. The molecule has 2 atom stereocenters. The van der Waals surface area contributed by atoms with Gasteiger partial charge in [-0.1, -0.05) is 30.3 Å². The highest BCUT2D eigenvalue weighted by atomic mass is 19.1. The minimum absolute atomic E-state index is 0.175. The molecule has 2 aromatic heterocycles. The molecule has 4 heterocycles. The number of nitrogens with one attached hydrogen (secondary N) is 2. The van der Waals surface area contributed by atoms with Crippen LogP contribution in [0.1, 0.15) is 33.6 Å². The maximum atomic E-state index is 15.7. The van der Waals surface area contributed by atoms with E-state index in [9.17, 15) is 9.90 Å². The fraction of sp³-hybridized carbons (Fsp3) is 0.231. The number of benzene rings is 2. The second-order valence-corrected chi connectivity index (χ2v) is 8.75. The molecular formula is C26H23FN6O4. The van der Waals surface area contributed by atoms with Gasteiger partial charge >= 0.3 is 0 Å². The van der Waals surface area contributed by atoms with Crippen molar-refractivity contribution in [1.29, 1.82) is 0 Å². The molecule has 188 valence electrons. The van der Waals surface area contributed by atoms with E-state index in [-0.39, 0.29) is 30.7 Å². The maximum Gasteiger partial charge on any atom is 0.255 e. The summed E-state index contributed by atoms with van der Waals surface area (Å²) in [5.74, 6) is -0.113. The lowest BCUT2D eigenvalue weighted by Gasteiger charge is -2.30. The van der Waals surface area contributed by atoms with E-state index < -0.39 is 17.9 Å². The number of aliphatic hydroxyl groups is 1. The van der Waals surface area contributed by atoms with Crippen molar-refractivity contribution in [1.82, 2.24) is 20.1 Å². The number of aliphatic hydroxyl groups excluding tert-OH is 1. The van der Waals surface area contributed by atoms with Crippen LogP contribution in [-0.2, 0) is 4.74 Å². The Balaban J connectivity index is 1.34. The average molecular weight is 503 g/mol. The van der Waals surface area contributed by atoms with Gasteiger partial charge in [-0.3, -0.25) is 4.79 Å². The summed E-state index contributed by atoms with van der Waals surface area (Å²) >= 11 is 0. The zero-order chi connectivity index (χ0) is 25.4.